The van der Waals surface area contributed by atoms with Crippen molar-refractivity contribution in [2.75, 3.05) is 0 Å². The van der Waals surface area contributed by atoms with Crippen molar-refractivity contribution in [3.05, 3.63) is 26.8 Å². The van der Waals surface area contributed by atoms with Crippen molar-refractivity contribution in [3.8, 4) is 0 Å². The average Bonchev–Trinajstić information content (AvgIpc) is 2.52. The lowest BCUT2D eigenvalue weighted by Crippen LogP contribution is -1.87. The molecule has 2 aromatic rings. The Kier molecular flexibility index (Phi) is 3.61. The van der Waals surface area contributed by atoms with Crippen LogP contribution in [0.1, 0.15) is 11.3 Å². The number of nitrogens with zero attached hydrogens (tertiary/aromatic N) is 2. The van der Waals surface area contributed by atoms with E-state index in [0.29, 0.717) is 6.37 Å². The summed E-state index contributed by atoms with van der Waals surface area (Å²) >= 11 is 12.1. The molecule has 15 heavy (non-hydrogen) atoms. The van der Waals surface area contributed by atoms with E-state index in [1.165, 1.54) is 5.56 Å². The highest BCUT2D eigenvalue weighted by molar-refractivity contribution is 14.2. The second-order valence-corrected chi connectivity index (χ2v) is 6.57. The minimum absolute atomic E-state index is 0.590. The molecule has 0 aliphatic heterocycles. The first-order valence-electron chi connectivity index (χ1n) is 4.27. The second-order valence-electron chi connectivity index (χ2n) is 3.27. The van der Waals surface area contributed by atoms with Crippen molar-refractivity contribution in [2.45, 2.75) is 13.8 Å². The van der Waals surface area contributed by atoms with Crippen LogP contribution in [0, 0.1) is 13.8 Å². The van der Waals surface area contributed by atoms with Gasteiger partial charge in [-0.25, -0.2) is 4.45 Å². The van der Waals surface area contributed by atoms with Gasteiger partial charge >= 0.3 is 0 Å². The van der Waals surface area contributed by atoms with Gasteiger partial charge in [0.15, 0.2) is 0 Å². The smallest absolute Gasteiger partial charge is 0.0787 e. The Morgan fingerprint density at radius 3 is 2.80 bits per heavy atom. The summed E-state index contributed by atoms with van der Waals surface area (Å²) in [5.41, 5.74) is 3.33. The molecular weight excluding hydrogens is 409 g/mol. The van der Waals surface area contributed by atoms with E-state index >= 15 is 0 Å². The van der Waals surface area contributed by atoms with Crippen LogP contribution in [0.2, 0.25) is 5.02 Å². The van der Waals surface area contributed by atoms with Crippen LogP contribution in [0.5, 0.6) is 0 Å². The van der Waals surface area contributed by atoms with Crippen molar-refractivity contribution >= 4 is 66.8 Å². The van der Waals surface area contributed by atoms with E-state index in [-0.39, 0.29) is 0 Å². The molecule has 0 amide bonds. The molecule has 80 valence electrons. The second kappa shape index (κ2) is 4.47. The highest BCUT2D eigenvalue weighted by Gasteiger charge is 2.14. The molecule has 0 aliphatic carbocycles. The van der Waals surface area contributed by atoms with E-state index in [1.54, 1.807) is 0 Å². The summed E-state index contributed by atoms with van der Waals surface area (Å²) < 4.78 is 3.05. The molecule has 1 heterocycles. The number of hydrogen-bond donors (Lipinski definition) is 0. The maximum Gasteiger partial charge on any atom is 0.0787 e. The molecule has 1 atom stereocenters. The van der Waals surface area contributed by atoms with Crippen LogP contribution in [-0.4, -0.2) is 9.55 Å². The number of hydrogen-bond acceptors (Lipinski definition) is 1. The fourth-order valence-electron chi connectivity index (χ4n) is 1.63. The molecule has 0 aliphatic rings. The van der Waals surface area contributed by atoms with E-state index in [2.05, 4.69) is 50.0 Å². The third-order valence-corrected chi connectivity index (χ3v) is 5.32. The zero-order chi connectivity index (χ0) is 11.2. The van der Waals surface area contributed by atoms with Crippen LogP contribution in [0.3, 0.4) is 0 Å². The SMILES string of the molecule is Cc1nn(PI)c2c(C)c(Br)cc(Cl)c12. The summed E-state index contributed by atoms with van der Waals surface area (Å²) in [5.74, 6) is 0. The maximum atomic E-state index is 6.23. The van der Waals surface area contributed by atoms with Gasteiger partial charge in [0.2, 0.25) is 0 Å². The molecule has 0 spiro atoms. The first-order chi connectivity index (χ1) is 7.06. The van der Waals surface area contributed by atoms with E-state index in [9.17, 15) is 0 Å². The normalized spacial score (nSPS) is 12.1. The van der Waals surface area contributed by atoms with Gasteiger partial charge in [0.05, 0.1) is 22.6 Å². The summed E-state index contributed by atoms with van der Waals surface area (Å²) in [6.45, 7) is 4.08. The summed E-state index contributed by atoms with van der Waals surface area (Å²) in [7, 11) is 0. The molecule has 6 heteroatoms. The number of fused-ring (bicyclic) bond motifs is 1. The Hall–Kier alpha value is 0.620. The Morgan fingerprint density at radius 1 is 1.53 bits per heavy atom. The third kappa shape index (κ3) is 1.94. The quantitative estimate of drug-likeness (QED) is 0.479. The molecule has 2 nitrogen and oxygen atoms in total. The minimum atomic E-state index is 0.590. The monoisotopic (exact) mass is 416 g/mol. The molecule has 0 N–H and O–H groups in total. The number of rotatable bonds is 1. The van der Waals surface area contributed by atoms with E-state index in [1.807, 2.05) is 17.4 Å². The van der Waals surface area contributed by atoms with Crippen LogP contribution in [0.4, 0.5) is 0 Å². The van der Waals surface area contributed by atoms with Crippen molar-refractivity contribution < 1.29 is 0 Å². The average molecular weight is 417 g/mol. The number of benzene rings is 1. The zero-order valence-electron chi connectivity index (χ0n) is 8.11. The summed E-state index contributed by atoms with van der Waals surface area (Å²) in [6, 6.07) is 1.94. The summed E-state index contributed by atoms with van der Waals surface area (Å²) in [6.07, 6.45) is 0.590. The fourth-order valence-corrected chi connectivity index (χ4v) is 4.11. The van der Waals surface area contributed by atoms with Crippen LogP contribution in [0.15, 0.2) is 10.5 Å². The van der Waals surface area contributed by atoms with Crippen molar-refractivity contribution in [1.29, 1.82) is 0 Å². The van der Waals surface area contributed by atoms with Gasteiger partial charge in [-0.2, -0.15) is 5.10 Å². The van der Waals surface area contributed by atoms with Gasteiger partial charge in [-0.05, 0) is 47.5 Å². The van der Waals surface area contributed by atoms with Crippen molar-refractivity contribution in [1.82, 2.24) is 9.55 Å². The van der Waals surface area contributed by atoms with Crippen molar-refractivity contribution in [3.63, 3.8) is 0 Å². The lowest BCUT2D eigenvalue weighted by atomic mass is 10.1. The summed E-state index contributed by atoms with van der Waals surface area (Å²) in [5, 5.41) is 6.32. The van der Waals surface area contributed by atoms with Gasteiger partial charge in [0, 0.05) is 9.86 Å². The number of aromatic nitrogens is 2. The zero-order valence-corrected chi connectivity index (χ0v) is 13.6. The van der Waals surface area contributed by atoms with Gasteiger partial charge in [0.25, 0.3) is 0 Å². The van der Waals surface area contributed by atoms with Crippen LogP contribution in [-0.2, 0) is 0 Å². The van der Waals surface area contributed by atoms with Gasteiger partial charge in [0.1, 0.15) is 0 Å². The van der Waals surface area contributed by atoms with Gasteiger partial charge in [-0.1, -0.05) is 27.5 Å². The topological polar surface area (TPSA) is 17.8 Å². The molecule has 1 aromatic heterocycles. The van der Waals surface area contributed by atoms with Crippen LogP contribution < -0.4 is 0 Å². The maximum absolute atomic E-state index is 6.23. The van der Waals surface area contributed by atoms with Gasteiger partial charge in [-0.3, -0.25) is 0 Å². The number of halogens is 3. The Balaban J connectivity index is 2.98. The van der Waals surface area contributed by atoms with Crippen LogP contribution in [0.25, 0.3) is 10.9 Å². The molecular formula is C9H8BrClIN2P. The van der Waals surface area contributed by atoms with E-state index in [0.717, 1.165) is 26.1 Å². The number of aryl methyl sites for hydroxylation is 2. The van der Waals surface area contributed by atoms with Crippen LogP contribution >= 0.6 is 55.9 Å². The highest BCUT2D eigenvalue weighted by Crippen LogP contribution is 2.38. The fraction of sp³-hybridized carbons (Fsp3) is 0.222. The molecule has 0 saturated heterocycles. The standard InChI is InChI=1S/C9H8BrClIN2P/c1-4-6(10)3-7(11)8-5(2)13-14(15-12)9(4)8/h3,15H,1-2H3. The predicted octanol–water partition coefficient (Wildman–Crippen LogP) is 4.86. The van der Waals surface area contributed by atoms with Crippen molar-refractivity contribution in [2.24, 2.45) is 0 Å². The first-order valence-corrected chi connectivity index (χ1v) is 9.50. The van der Waals surface area contributed by atoms with E-state index < -0.39 is 0 Å². The lowest BCUT2D eigenvalue weighted by Gasteiger charge is -2.05. The molecule has 1 unspecified atom stereocenters. The molecule has 0 saturated carbocycles. The Labute approximate surface area is 116 Å². The summed E-state index contributed by atoms with van der Waals surface area (Å²) in [4.78, 5) is 0. The molecule has 0 radical (unpaired) electrons. The first kappa shape index (κ1) is 12.1. The Morgan fingerprint density at radius 2 is 2.20 bits per heavy atom. The molecule has 0 bridgehead atoms. The molecule has 1 aromatic carbocycles. The van der Waals surface area contributed by atoms with E-state index in [4.69, 9.17) is 11.6 Å². The highest BCUT2D eigenvalue weighted by atomic mass is 127. The lowest BCUT2D eigenvalue weighted by molar-refractivity contribution is 1.000. The molecule has 2 rings (SSSR count). The van der Waals surface area contributed by atoms with Gasteiger partial charge in [-0.15, -0.1) is 0 Å². The third-order valence-electron chi connectivity index (χ3n) is 2.35. The largest absolute Gasteiger partial charge is 0.237 e. The Bertz CT molecular complexity index is 541. The minimum Gasteiger partial charge on any atom is -0.237 e. The van der Waals surface area contributed by atoms with Gasteiger partial charge < -0.3 is 0 Å². The molecule has 0 fully saturated rings. The predicted molar refractivity (Wildman–Crippen MR) is 79.7 cm³/mol.